The highest BCUT2D eigenvalue weighted by Gasteiger charge is 2.20. The molecule has 0 aliphatic carbocycles. The van der Waals surface area contributed by atoms with E-state index in [0.717, 1.165) is 0 Å². The van der Waals surface area contributed by atoms with E-state index in [9.17, 15) is 8.42 Å². The van der Waals surface area contributed by atoms with Gasteiger partial charge in [-0.2, -0.15) is 12.2 Å². The summed E-state index contributed by atoms with van der Waals surface area (Å²) in [4.78, 5) is 3.84. The Bertz CT molecular complexity index is 604. The molecule has 0 saturated carbocycles. The van der Waals surface area contributed by atoms with Gasteiger partial charge in [-0.1, -0.05) is 6.07 Å². The smallest absolute Gasteiger partial charge is 0.315 e. The SMILES string of the molecule is Cc1nc2c(S(=O)(=O)OCl)cccc2o1. The summed E-state index contributed by atoms with van der Waals surface area (Å²) in [5.74, 6) is 0.377. The first-order valence-corrected chi connectivity index (χ1v) is 5.67. The number of hydrogen-bond acceptors (Lipinski definition) is 5. The molecule has 0 N–H and O–H groups in total. The molecule has 0 fully saturated rings. The zero-order chi connectivity index (χ0) is 11.1. The number of hydrogen-bond donors (Lipinski definition) is 0. The van der Waals surface area contributed by atoms with E-state index in [1.165, 1.54) is 12.1 Å². The van der Waals surface area contributed by atoms with Crippen LogP contribution in [0.4, 0.5) is 0 Å². The van der Waals surface area contributed by atoms with Crippen LogP contribution in [0.3, 0.4) is 0 Å². The Labute approximate surface area is 90.9 Å². The molecule has 1 aromatic heterocycles. The lowest BCUT2D eigenvalue weighted by Crippen LogP contribution is -2.00. The maximum Gasteiger partial charge on any atom is 0.315 e. The summed E-state index contributed by atoms with van der Waals surface area (Å²) in [5.41, 5.74) is 0.595. The molecule has 0 saturated heterocycles. The van der Waals surface area contributed by atoms with Gasteiger partial charge in [0, 0.05) is 6.92 Å². The molecule has 0 spiro atoms. The van der Waals surface area contributed by atoms with E-state index in [4.69, 9.17) is 16.3 Å². The maximum absolute atomic E-state index is 11.4. The van der Waals surface area contributed by atoms with Crippen LogP contribution >= 0.6 is 11.9 Å². The number of halogens is 1. The van der Waals surface area contributed by atoms with Crippen molar-refractivity contribution in [1.29, 1.82) is 0 Å². The predicted molar refractivity (Wildman–Crippen MR) is 52.9 cm³/mol. The third-order valence-electron chi connectivity index (χ3n) is 1.84. The second-order valence-corrected chi connectivity index (χ2v) is 4.70. The van der Waals surface area contributed by atoms with Crippen molar-refractivity contribution in [2.45, 2.75) is 11.8 Å². The fourth-order valence-corrected chi connectivity index (χ4v) is 2.17. The quantitative estimate of drug-likeness (QED) is 0.812. The Morgan fingerprint density at radius 1 is 1.47 bits per heavy atom. The van der Waals surface area contributed by atoms with Crippen LogP contribution in [-0.2, 0) is 13.9 Å². The molecule has 1 heterocycles. The number of para-hydroxylation sites is 1. The third kappa shape index (κ3) is 1.71. The number of benzene rings is 1. The molecule has 0 bridgehead atoms. The van der Waals surface area contributed by atoms with Gasteiger partial charge in [-0.05, 0) is 12.1 Å². The van der Waals surface area contributed by atoms with Crippen LogP contribution in [0.1, 0.15) is 5.89 Å². The van der Waals surface area contributed by atoms with Crippen molar-refractivity contribution in [3.8, 4) is 0 Å². The van der Waals surface area contributed by atoms with Crippen molar-refractivity contribution >= 4 is 33.1 Å². The Hall–Kier alpha value is -1.11. The molecule has 80 valence electrons. The van der Waals surface area contributed by atoms with Gasteiger partial charge in [-0.25, -0.2) is 4.98 Å². The normalized spacial score (nSPS) is 12.1. The van der Waals surface area contributed by atoms with E-state index < -0.39 is 10.1 Å². The van der Waals surface area contributed by atoms with Crippen molar-refractivity contribution in [2.24, 2.45) is 0 Å². The summed E-state index contributed by atoms with van der Waals surface area (Å²) in [6, 6.07) is 4.49. The van der Waals surface area contributed by atoms with Gasteiger partial charge in [-0.15, -0.1) is 0 Å². The summed E-state index contributed by atoms with van der Waals surface area (Å²) >= 11 is 4.89. The average molecular weight is 248 g/mol. The Balaban J connectivity index is 2.82. The fraction of sp³-hybridized carbons (Fsp3) is 0.125. The van der Waals surface area contributed by atoms with Gasteiger partial charge >= 0.3 is 10.1 Å². The second-order valence-electron chi connectivity index (χ2n) is 2.85. The molecule has 15 heavy (non-hydrogen) atoms. The molecule has 0 unspecified atom stereocenters. The van der Waals surface area contributed by atoms with E-state index in [1.54, 1.807) is 13.0 Å². The molecule has 2 aromatic rings. The molecule has 5 nitrogen and oxygen atoms in total. The standard InChI is InChI=1S/C8H6ClNO4S/c1-5-10-8-6(13-5)3-2-4-7(8)15(11,12)14-9/h2-4H,1H3. The minimum Gasteiger partial charge on any atom is -0.441 e. The van der Waals surface area contributed by atoms with Crippen LogP contribution in [0.15, 0.2) is 27.5 Å². The van der Waals surface area contributed by atoms with Crippen molar-refractivity contribution < 1.29 is 16.6 Å². The Morgan fingerprint density at radius 3 is 2.87 bits per heavy atom. The molecule has 0 atom stereocenters. The molecule has 2 rings (SSSR count). The van der Waals surface area contributed by atoms with Gasteiger partial charge in [0.15, 0.2) is 11.5 Å². The minimum atomic E-state index is -3.97. The van der Waals surface area contributed by atoms with Crippen LogP contribution in [0.25, 0.3) is 11.1 Å². The average Bonchev–Trinajstić information content (AvgIpc) is 2.57. The summed E-state index contributed by atoms with van der Waals surface area (Å²) in [6.07, 6.45) is 0. The highest BCUT2D eigenvalue weighted by atomic mass is 35.5. The Morgan fingerprint density at radius 2 is 2.20 bits per heavy atom. The third-order valence-corrected chi connectivity index (χ3v) is 3.37. The van der Waals surface area contributed by atoms with Gasteiger partial charge in [0.2, 0.25) is 0 Å². The number of aromatic nitrogens is 1. The number of aryl methyl sites for hydroxylation is 1. The maximum atomic E-state index is 11.4. The summed E-state index contributed by atoms with van der Waals surface area (Å²) < 4.78 is 31.9. The van der Waals surface area contributed by atoms with Crippen LogP contribution in [0.5, 0.6) is 0 Å². The molecule has 0 aliphatic rings. The lowest BCUT2D eigenvalue weighted by molar-refractivity contribution is 0.509. The predicted octanol–water partition coefficient (Wildman–Crippen LogP) is 2.00. The monoisotopic (exact) mass is 247 g/mol. The molecular weight excluding hydrogens is 242 g/mol. The van der Waals surface area contributed by atoms with Crippen LogP contribution in [0.2, 0.25) is 0 Å². The van der Waals surface area contributed by atoms with Gasteiger partial charge in [0.1, 0.15) is 10.4 Å². The van der Waals surface area contributed by atoms with Crippen LogP contribution in [0, 0.1) is 6.92 Å². The first-order valence-electron chi connectivity index (χ1n) is 3.96. The van der Waals surface area contributed by atoms with Gasteiger partial charge in [-0.3, -0.25) is 0 Å². The van der Waals surface area contributed by atoms with E-state index in [1.807, 2.05) is 0 Å². The van der Waals surface area contributed by atoms with E-state index in [-0.39, 0.29) is 10.4 Å². The summed E-state index contributed by atoms with van der Waals surface area (Å²) in [5, 5.41) is 0. The topological polar surface area (TPSA) is 69.4 Å². The molecule has 0 radical (unpaired) electrons. The van der Waals surface area contributed by atoms with Gasteiger partial charge in [0.05, 0.1) is 11.9 Å². The number of oxazole rings is 1. The zero-order valence-corrected chi connectivity index (χ0v) is 9.17. The highest BCUT2D eigenvalue weighted by molar-refractivity contribution is 7.87. The largest absolute Gasteiger partial charge is 0.441 e. The van der Waals surface area contributed by atoms with Crippen molar-refractivity contribution in [2.75, 3.05) is 0 Å². The van der Waals surface area contributed by atoms with E-state index in [2.05, 4.69) is 8.72 Å². The zero-order valence-electron chi connectivity index (χ0n) is 7.60. The van der Waals surface area contributed by atoms with E-state index in [0.29, 0.717) is 11.5 Å². The lowest BCUT2D eigenvalue weighted by atomic mass is 10.3. The first-order chi connectivity index (χ1) is 7.04. The molecule has 0 aliphatic heterocycles. The molecule has 7 heteroatoms. The molecule has 0 amide bonds. The Kier molecular flexibility index (Phi) is 2.41. The number of nitrogens with zero attached hydrogens (tertiary/aromatic N) is 1. The van der Waals surface area contributed by atoms with Crippen molar-refractivity contribution in [3.63, 3.8) is 0 Å². The number of fused-ring (bicyclic) bond motifs is 1. The first kappa shape index (κ1) is 10.4. The second kappa shape index (κ2) is 3.48. The van der Waals surface area contributed by atoms with Crippen LogP contribution < -0.4 is 0 Å². The highest BCUT2D eigenvalue weighted by Crippen LogP contribution is 2.24. The molecule has 1 aromatic carbocycles. The molecular formula is C8H6ClNO4S. The fourth-order valence-electron chi connectivity index (χ4n) is 1.27. The summed E-state index contributed by atoms with van der Waals surface area (Å²) in [7, 11) is -3.97. The van der Waals surface area contributed by atoms with Crippen molar-refractivity contribution in [3.05, 3.63) is 24.1 Å². The lowest BCUT2D eigenvalue weighted by Gasteiger charge is -1.98. The van der Waals surface area contributed by atoms with Crippen molar-refractivity contribution in [1.82, 2.24) is 4.98 Å². The van der Waals surface area contributed by atoms with Crippen LogP contribution in [-0.4, -0.2) is 13.4 Å². The van der Waals surface area contributed by atoms with Gasteiger partial charge < -0.3 is 4.42 Å². The minimum absolute atomic E-state index is 0.105. The van der Waals surface area contributed by atoms with E-state index >= 15 is 0 Å². The summed E-state index contributed by atoms with van der Waals surface area (Å²) in [6.45, 7) is 1.62. The number of rotatable bonds is 2. The van der Waals surface area contributed by atoms with Gasteiger partial charge in [0.25, 0.3) is 0 Å².